The number of hydrogen-bond donors (Lipinski definition) is 1. The number of fused-ring (bicyclic) bond motifs is 4. The number of carbonyl (C=O) groups excluding carboxylic acids is 1. The summed E-state index contributed by atoms with van der Waals surface area (Å²) in [4.78, 5) is 28.2. The second-order valence-corrected chi connectivity index (χ2v) is 10.5. The summed E-state index contributed by atoms with van der Waals surface area (Å²) in [6.07, 6.45) is 1.53. The zero-order valence-corrected chi connectivity index (χ0v) is 22.0. The van der Waals surface area contributed by atoms with Crippen LogP contribution in [0.25, 0.3) is 0 Å². The number of carbonyl (C=O) groups is 1. The second kappa shape index (κ2) is 9.81. The Bertz CT molecular complexity index is 1470. The molecule has 0 radical (unpaired) electrons. The Labute approximate surface area is 229 Å². The van der Waals surface area contributed by atoms with Crippen molar-refractivity contribution in [3.63, 3.8) is 0 Å². The van der Waals surface area contributed by atoms with Crippen LogP contribution in [0.4, 0.5) is 10.1 Å². The van der Waals surface area contributed by atoms with Gasteiger partial charge in [0.05, 0.1) is 17.5 Å². The summed E-state index contributed by atoms with van der Waals surface area (Å²) in [6, 6.07) is 15.4. The van der Waals surface area contributed by atoms with Crippen molar-refractivity contribution >= 4 is 23.2 Å². The van der Waals surface area contributed by atoms with Crippen molar-refractivity contribution in [1.82, 2.24) is 4.90 Å². The number of nitrogens with zero attached hydrogens (tertiary/aromatic N) is 2. The maximum atomic E-state index is 14.2. The molecule has 8 nitrogen and oxygen atoms in total. The van der Waals surface area contributed by atoms with Crippen LogP contribution in [-0.4, -0.2) is 41.0 Å². The van der Waals surface area contributed by atoms with Crippen LogP contribution in [0.15, 0.2) is 60.7 Å². The molecule has 2 saturated heterocycles. The quantitative estimate of drug-likeness (QED) is 0.307. The molecule has 1 spiro atoms. The van der Waals surface area contributed by atoms with Gasteiger partial charge in [0, 0.05) is 34.3 Å². The highest BCUT2D eigenvalue weighted by Gasteiger charge is 2.73. The Balaban J connectivity index is 1.45. The van der Waals surface area contributed by atoms with Gasteiger partial charge in [0.25, 0.3) is 11.9 Å². The van der Waals surface area contributed by atoms with Crippen molar-refractivity contribution in [2.24, 2.45) is 0 Å². The third kappa shape index (κ3) is 3.86. The summed E-state index contributed by atoms with van der Waals surface area (Å²) in [6.45, 7) is 2.62. The largest absolute Gasteiger partial charge is 0.490 e. The van der Waals surface area contributed by atoms with Gasteiger partial charge in [0.1, 0.15) is 12.4 Å². The first-order chi connectivity index (χ1) is 18.9. The summed E-state index contributed by atoms with van der Waals surface area (Å²) < 4.78 is 26.0. The molecule has 1 amide bonds. The van der Waals surface area contributed by atoms with E-state index in [1.807, 2.05) is 17.9 Å². The number of nitro groups is 1. The molecule has 3 aliphatic heterocycles. The lowest BCUT2D eigenvalue weighted by molar-refractivity contribution is -0.534. The van der Waals surface area contributed by atoms with Crippen LogP contribution < -0.4 is 14.8 Å². The van der Waals surface area contributed by atoms with E-state index >= 15 is 0 Å². The summed E-state index contributed by atoms with van der Waals surface area (Å²) >= 11 is 6.72. The van der Waals surface area contributed by atoms with Crippen LogP contribution in [0.2, 0.25) is 5.02 Å². The van der Waals surface area contributed by atoms with E-state index in [-0.39, 0.29) is 34.3 Å². The van der Waals surface area contributed by atoms with E-state index in [0.717, 1.165) is 6.42 Å². The summed E-state index contributed by atoms with van der Waals surface area (Å²) in [5.74, 6) is -0.842. The van der Waals surface area contributed by atoms with Gasteiger partial charge < -0.3 is 14.8 Å². The van der Waals surface area contributed by atoms with E-state index < -0.39 is 23.3 Å². The third-order valence-electron chi connectivity index (χ3n) is 8.14. The summed E-state index contributed by atoms with van der Waals surface area (Å²) in [5.41, 5.74) is 0.773. The number of nitrogens with one attached hydrogen (secondary N) is 1. The highest BCUT2D eigenvalue weighted by Crippen LogP contribution is 2.58. The van der Waals surface area contributed by atoms with Crippen molar-refractivity contribution in [1.29, 1.82) is 0 Å². The van der Waals surface area contributed by atoms with Gasteiger partial charge >= 0.3 is 0 Å². The zero-order chi connectivity index (χ0) is 27.3. The van der Waals surface area contributed by atoms with Crippen molar-refractivity contribution in [2.75, 3.05) is 18.5 Å². The molecule has 0 aromatic heterocycles. The van der Waals surface area contributed by atoms with E-state index in [9.17, 15) is 19.3 Å². The molecule has 3 aromatic rings. The van der Waals surface area contributed by atoms with E-state index in [1.165, 1.54) is 6.07 Å². The fourth-order valence-electron chi connectivity index (χ4n) is 6.72. The Morgan fingerprint density at radius 2 is 1.95 bits per heavy atom. The molecule has 2 fully saturated rings. The van der Waals surface area contributed by atoms with Gasteiger partial charge in [-0.1, -0.05) is 48.0 Å². The number of hydrogen-bond acceptors (Lipinski definition) is 6. The van der Waals surface area contributed by atoms with Gasteiger partial charge in [-0.05, 0) is 49.6 Å². The molecule has 4 atom stereocenters. The van der Waals surface area contributed by atoms with E-state index in [0.29, 0.717) is 47.7 Å². The minimum absolute atomic E-state index is 0.0662. The Morgan fingerprint density at radius 1 is 1.18 bits per heavy atom. The SMILES string of the molecule is CCOc1cc([C@@H]2[C@@H]3CCCN3[C@@]3(C(=O)Nc4ccccc43)[C@@H]2[N+](=O)[O-])cc(Cl)c1OCc1ccccc1F. The molecule has 3 aromatic carbocycles. The molecule has 202 valence electrons. The first kappa shape index (κ1) is 25.6. The van der Waals surface area contributed by atoms with Gasteiger partial charge in [-0.2, -0.15) is 0 Å². The molecule has 39 heavy (non-hydrogen) atoms. The van der Waals surface area contributed by atoms with Crippen LogP contribution in [0.3, 0.4) is 0 Å². The molecule has 6 rings (SSSR count). The lowest BCUT2D eigenvalue weighted by Gasteiger charge is -2.32. The molecule has 1 N–H and O–H groups in total. The number of benzene rings is 3. The van der Waals surface area contributed by atoms with Crippen LogP contribution in [0.5, 0.6) is 11.5 Å². The van der Waals surface area contributed by atoms with Crippen LogP contribution in [0, 0.1) is 15.9 Å². The van der Waals surface area contributed by atoms with E-state index in [4.69, 9.17) is 21.1 Å². The second-order valence-electron chi connectivity index (χ2n) is 10.1. The average molecular weight is 552 g/mol. The van der Waals surface area contributed by atoms with Crippen LogP contribution in [-0.2, 0) is 16.9 Å². The normalized spacial score (nSPS) is 25.4. The number of rotatable bonds is 7. The predicted molar refractivity (Wildman–Crippen MR) is 143 cm³/mol. The van der Waals surface area contributed by atoms with Gasteiger partial charge in [0.2, 0.25) is 0 Å². The molecule has 0 bridgehead atoms. The van der Waals surface area contributed by atoms with Gasteiger partial charge in [0.15, 0.2) is 17.0 Å². The van der Waals surface area contributed by atoms with Gasteiger partial charge in [-0.25, -0.2) is 4.39 Å². The number of para-hydroxylation sites is 1. The summed E-state index contributed by atoms with van der Waals surface area (Å²) in [5, 5.41) is 16.0. The highest BCUT2D eigenvalue weighted by molar-refractivity contribution is 6.32. The van der Waals surface area contributed by atoms with E-state index in [2.05, 4.69) is 5.32 Å². The first-order valence-corrected chi connectivity index (χ1v) is 13.4. The smallest absolute Gasteiger partial charge is 0.256 e. The Kier molecular flexibility index (Phi) is 6.43. The van der Waals surface area contributed by atoms with Crippen molar-refractivity contribution in [3.05, 3.63) is 98.3 Å². The van der Waals surface area contributed by atoms with Crippen molar-refractivity contribution < 1.29 is 23.6 Å². The molecule has 0 aliphatic carbocycles. The van der Waals surface area contributed by atoms with Crippen LogP contribution >= 0.6 is 11.6 Å². The fourth-order valence-corrected chi connectivity index (χ4v) is 7.00. The first-order valence-electron chi connectivity index (χ1n) is 13.0. The lowest BCUT2D eigenvalue weighted by Crippen LogP contribution is -2.55. The number of ether oxygens (including phenoxy) is 2. The van der Waals surface area contributed by atoms with Crippen molar-refractivity contribution in [3.8, 4) is 11.5 Å². The minimum atomic E-state index is -1.43. The van der Waals surface area contributed by atoms with Crippen molar-refractivity contribution in [2.45, 2.75) is 49.9 Å². The fraction of sp³-hybridized carbons (Fsp3) is 0.345. The number of halogens is 2. The Hall–Kier alpha value is -3.69. The average Bonchev–Trinajstić information content (AvgIpc) is 3.57. The molecule has 3 heterocycles. The van der Waals surface area contributed by atoms with Crippen LogP contribution in [0.1, 0.15) is 42.4 Å². The number of anilines is 1. The maximum absolute atomic E-state index is 14.2. The summed E-state index contributed by atoms with van der Waals surface area (Å²) in [7, 11) is 0. The standard InChI is InChI=1S/C29H27ClFN3O5/c1-2-38-24-15-18(14-20(30)26(24)39-16-17-8-3-5-10-21(17)31)25-23-12-7-13-33(23)29(27(25)34(36)37)19-9-4-6-11-22(19)32-28(29)35/h3-6,8-11,14-15,23,25,27H,2,7,12-13,16H2,1H3,(H,32,35)/t23-,25+,27+,29+/m0/s1. The maximum Gasteiger partial charge on any atom is 0.256 e. The van der Waals surface area contributed by atoms with Gasteiger partial charge in [-0.15, -0.1) is 0 Å². The third-order valence-corrected chi connectivity index (χ3v) is 8.42. The minimum Gasteiger partial charge on any atom is -0.490 e. The molecule has 3 aliphatic rings. The Morgan fingerprint density at radius 3 is 2.72 bits per heavy atom. The molecule has 10 heteroatoms. The van der Waals surface area contributed by atoms with Gasteiger partial charge in [-0.3, -0.25) is 19.8 Å². The molecular formula is C29H27ClFN3O5. The topological polar surface area (TPSA) is 93.9 Å². The monoisotopic (exact) mass is 551 g/mol. The predicted octanol–water partition coefficient (Wildman–Crippen LogP) is 5.51. The molecule has 0 saturated carbocycles. The molecular weight excluding hydrogens is 525 g/mol. The highest BCUT2D eigenvalue weighted by atomic mass is 35.5. The van der Waals surface area contributed by atoms with E-state index in [1.54, 1.807) is 48.5 Å². The number of amides is 1. The lowest BCUT2D eigenvalue weighted by atomic mass is 9.77. The zero-order valence-electron chi connectivity index (χ0n) is 21.2. The molecule has 0 unspecified atom stereocenters.